The van der Waals surface area contributed by atoms with Gasteiger partial charge in [0.1, 0.15) is 0 Å². The van der Waals surface area contributed by atoms with Gasteiger partial charge in [0.05, 0.1) is 0 Å². The average molecular weight is 166 g/mol. The van der Waals surface area contributed by atoms with Crippen molar-refractivity contribution < 1.29 is 51.4 Å². The maximum Gasteiger partial charge on any atom is 1.00 e. The molecule has 1 heteroatoms. The topological polar surface area (TPSA) is 0 Å². The molecule has 0 aromatic carbocycles. The van der Waals surface area contributed by atoms with Gasteiger partial charge in [-0.1, -0.05) is 51.4 Å². The van der Waals surface area contributed by atoms with E-state index in [2.05, 4.69) is 0 Å². The fourth-order valence-corrected chi connectivity index (χ4v) is 1.41. The zero-order chi connectivity index (χ0) is 5.66. The van der Waals surface area contributed by atoms with Crippen LogP contribution in [-0.4, -0.2) is 0 Å². The van der Waals surface area contributed by atoms with Gasteiger partial charge in [-0.2, -0.15) is 0 Å². The van der Waals surface area contributed by atoms with Crippen LogP contribution in [0.25, 0.3) is 0 Å². The van der Waals surface area contributed by atoms with E-state index in [0.717, 1.165) is 0 Å². The smallest absolute Gasteiger partial charge is 0.358 e. The van der Waals surface area contributed by atoms with Gasteiger partial charge in [0.15, 0.2) is 0 Å². The van der Waals surface area contributed by atoms with Crippen LogP contribution in [0.4, 0.5) is 0 Å². The van der Waals surface area contributed by atoms with Gasteiger partial charge in [-0.15, -0.1) is 0 Å². The van der Waals surface area contributed by atoms with E-state index in [1.807, 2.05) is 0 Å². The Hall–Kier alpha value is 1.64. The minimum atomic E-state index is 0. The summed E-state index contributed by atoms with van der Waals surface area (Å²) in [6, 6.07) is 0. The zero-order valence-corrected chi connectivity index (χ0v) is 10.8. The number of rotatable bonds is 0. The van der Waals surface area contributed by atoms with Gasteiger partial charge < -0.3 is 7.43 Å². The quantitative estimate of drug-likeness (QED) is 0.365. The Kier molecular flexibility index (Phi) is 15.1. The van der Waals surface area contributed by atoms with Gasteiger partial charge in [-0.3, -0.25) is 0 Å². The Morgan fingerprint density at radius 1 is 0.400 bits per heavy atom. The summed E-state index contributed by atoms with van der Waals surface area (Å²) in [5.41, 5.74) is 0. The molecule has 0 saturated heterocycles. The van der Waals surface area contributed by atoms with Crippen molar-refractivity contribution in [1.29, 1.82) is 0 Å². The van der Waals surface area contributed by atoms with E-state index in [1.54, 1.807) is 0 Å². The molecule has 0 radical (unpaired) electrons. The first-order valence-electron chi connectivity index (χ1n) is 4.00. The van der Waals surface area contributed by atoms with Gasteiger partial charge in [-0.05, 0) is 0 Å². The normalized spacial score (nSPS) is 19.2. The molecule has 0 amide bonds. The van der Waals surface area contributed by atoms with Crippen LogP contribution in [0.15, 0.2) is 0 Å². The predicted octanol–water partition coefficient (Wildman–Crippen LogP) is 0.575. The molecular formula is C9H19K. The third-order valence-electron chi connectivity index (χ3n) is 2.00. The molecular weight excluding hydrogens is 147 g/mol. The van der Waals surface area contributed by atoms with E-state index in [0.29, 0.717) is 0 Å². The summed E-state index contributed by atoms with van der Waals surface area (Å²) in [7, 11) is 0. The summed E-state index contributed by atoms with van der Waals surface area (Å²) < 4.78 is 0. The average Bonchev–Trinajstić information content (AvgIpc) is 1.62. The fourth-order valence-electron chi connectivity index (χ4n) is 1.41. The molecule has 1 aliphatic carbocycles. The van der Waals surface area contributed by atoms with Crippen LogP contribution >= 0.6 is 0 Å². The van der Waals surface area contributed by atoms with E-state index in [4.69, 9.17) is 0 Å². The predicted molar refractivity (Wildman–Crippen MR) is 43.4 cm³/mol. The van der Waals surface area contributed by atoms with Gasteiger partial charge in [0.2, 0.25) is 0 Å². The molecule has 0 aromatic rings. The molecule has 0 unspecified atom stereocenters. The Labute approximate surface area is 109 Å². The van der Waals surface area contributed by atoms with Crippen molar-refractivity contribution in [1.82, 2.24) is 0 Å². The summed E-state index contributed by atoms with van der Waals surface area (Å²) in [5.74, 6) is 0. The molecule has 0 heterocycles. The van der Waals surface area contributed by atoms with Crippen molar-refractivity contribution in [2.45, 2.75) is 51.4 Å². The van der Waals surface area contributed by atoms with Crippen LogP contribution in [0.1, 0.15) is 51.4 Å². The Morgan fingerprint density at radius 3 is 0.600 bits per heavy atom. The molecule has 0 bridgehead atoms. The fraction of sp³-hybridized carbons (Fsp3) is 0.889. The van der Waals surface area contributed by atoms with Crippen molar-refractivity contribution >= 4 is 0 Å². The standard InChI is InChI=1S/C8H16.CH3.K/c1-2-4-6-8-7-5-3-1;;/h1-8H2;1H3;/q;-1;+1. The molecule has 1 aliphatic rings. The van der Waals surface area contributed by atoms with Crippen LogP contribution in [-0.2, 0) is 0 Å². The third-order valence-corrected chi connectivity index (χ3v) is 2.00. The number of hydrogen-bond acceptors (Lipinski definition) is 0. The number of hydrogen-bond donors (Lipinski definition) is 0. The second kappa shape index (κ2) is 10.6. The zero-order valence-electron chi connectivity index (χ0n) is 7.66. The third kappa shape index (κ3) is 7.74. The molecule has 0 nitrogen and oxygen atoms in total. The van der Waals surface area contributed by atoms with E-state index >= 15 is 0 Å². The first-order chi connectivity index (χ1) is 4.00. The monoisotopic (exact) mass is 166 g/mol. The van der Waals surface area contributed by atoms with Gasteiger partial charge in [0.25, 0.3) is 0 Å². The van der Waals surface area contributed by atoms with Crippen LogP contribution in [0.5, 0.6) is 0 Å². The second-order valence-electron chi connectivity index (χ2n) is 2.83. The largest absolute Gasteiger partial charge is 1.00 e. The molecule has 0 aromatic heterocycles. The summed E-state index contributed by atoms with van der Waals surface area (Å²) in [4.78, 5) is 0. The minimum Gasteiger partial charge on any atom is -0.358 e. The van der Waals surface area contributed by atoms with E-state index < -0.39 is 0 Å². The Balaban J connectivity index is 0. The maximum atomic E-state index is 1.50. The Morgan fingerprint density at radius 2 is 0.500 bits per heavy atom. The van der Waals surface area contributed by atoms with E-state index in [9.17, 15) is 0 Å². The molecule has 1 rings (SSSR count). The summed E-state index contributed by atoms with van der Waals surface area (Å²) in [6.07, 6.45) is 12.0. The summed E-state index contributed by atoms with van der Waals surface area (Å²) in [5, 5.41) is 0. The van der Waals surface area contributed by atoms with Crippen molar-refractivity contribution in [2.75, 3.05) is 0 Å². The molecule has 0 spiro atoms. The van der Waals surface area contributed by atoms with Crippen molar-refractivity contribution in [3.63, 3.8) is 0 Å². The van der Waals surface area contributed by atoms with Crippen LogP contribution in [0.2, 0.25) is 0 Å². The van der Waals surface area contributed by atoms with Crippen molar-refractivity contribution in [2.24, 2.45) is 0 Å². The molecule has 1 saturated carbocycles. The van der Waals surface area contributed by atoms with Gasteiger partial charge in [0, 0.05) is 0 Å². The van der Waals surface area contributed by atoms with E-state index in [-0.39, 0.29) is 58.8 Å². The molecule has 10 heavy (non-hydrogen) atoms. The van der Waals surface area contributed by atoms with Gasteiger partial charge >= 0.3 is 51.4 Å². The van der Waals surface area contributed by atoms with E-state index in [1.165, 1.54) is 51.4 Å². The van der Waals surface area contributed by atoms with Crippen LogP contribution in [0, 0.1) is 7.43 Å². The maximum absolute atomic E-state index is 1.50. The van der Waals surface area contributed by atoms with Crippen LogP contribution in [0.3, 0.4) is 0 Å². The van der Waals surface area contributed by atoms with Crippen molar-refractivity contribution in [3.05, 3.63) is 7.43 Å². The minimum absolute atomic E-state index is 0. The van der Waals surface area contributed by atoms with Gasteiger partial charge in [-0.25, -0.2) is 0 Å². The molecule has 0 aliphatic heterocycles. The Bertz CT molecular complexity index is 28.7. The molecule has 0 N–H and O–H groups in total. The SMILES string of the molecule is C1CCCCCCC1.[CH3-].[K+]. The summed E-state index contributed by atoms with van der Waals surface area (Å²) in [6.45, 7) is 0. The molecule has 1 fully saturated rings. The molecule has 0 atom stereocenters. The summed E-state index contributed by atoms with van der Waals surface area (Å²) >= 11 is 0. The van der Waals surface area contributed by atoms with Crippen LogP contribution < -0.4 is 51.4 Å². The van der Waals surface area contributed by atoms with Crippen molar-refractivity contribution in [3.8, 4) is 0 Å². The molecule has 56 valence electrons. The second-order valence-corrected chi connectivity index (χ2v) is 2.83. The first-order valence-corrected chi connectivity index (χ1v) is 4.00. The first kappa shape index (κ1) is 14.2.